The van der Waals surface area contributed by atoms with Crippen molar-refractivity contribution < 1.29 is 8.42 Å². The molecule has 1 rings (SSSR count). The van der Waals surface area contributed by atoms with Gasteiger partial charge >= 0.3 is 0 Å². The lowest BCUT2D eigenvalue weighted by molar-refractivity contribution is 0.590. The third-order valence-corrected chi connectivity index (χ3v) is 4.34. The summed E-state index contributed by atoms with van der Waals surface area (Å²) in [6.07, 6.45) is 2.50. The fourth-order valence-electron chi connectivity index (χ4n) is 1.40. The van der Waals surface area contributed by atoms with Gasteiger partial charge in [-0.1, -0.05) is 13.0 Å². The third kappa shape index (κ3) is 5.79. The molecule has 0 aromatic carbocycles. The van der Waals surface area contributed by atoms with Crippen LogP contribution in [-0.2, 0) is 16.4 Å². The van der Waals surface area contributed by atoms with Gasteiger partial charge in [0.15, 0.2) is 0 Å². The lowest BCUT2D eigenvalue weighted by atomic mass is 10.2. The molecule has 0 aliphatic carbocycles. The molecule has 0 unspecified atom stereocenters. The molecule has 0 aliphatic heterocycles. The summed E-state index contributed by atoms with van der Waals surface area (Å²) in [4.78, 5) is 4.19. The second kappa shape index (κ2) is 6.71. The van der Waals surface area contributed by atoms with Crippen molar-refractivity contribution in [3.8, 4) is 0 Å². The Morgan fingerprint density at radius 1 is 1.35 bits per heavy atom. The summed E-state index contributed by atoms with van der Waals surface area (Å²) in [5.74, 6) is 0.498. The van der Waals surface area contributed by atoms with Gasteiger partial charge in [-0.2, -0.15) is 0 Å². The minimum atomic E-state index is -2.82. The average Bonchev–Trinajstić information content (AvgIpc) is 2.31. The van der Waals surface area contributed by atoms with Crippen molar-refractivity contribution in [2.45, 2.75) is 26.8 Å². The fourth-order valence-corrected chi connectivity index (χ4v) is 2.27. The monoisotopic (exact) mass is 256 g/mol. The highest BCUT2D eigenvalue weighted by Gasteiger charge is 2.05. The van der Waals surface area contributed by atoms with E-state index in [0.29, 0.717) is 13.0 Å². The highest BCUT2D eigenvalue weighted by atomic mass is 32.2. The summed E-state index contributed by atoms with van der Waals surface area (Å²) in [6, 6.07) is 4.00. The lowest BCUT2D eigenvalue weighted by Gasteiger charge is -2.05. The zero-order valence-corrected chi connectivity index (χ0v) is 11.3. The van der Waals surface area contributed by atoms with Crippen LogP contribution in [0.3, 0.4) is 0 Å². The smallest absolute Gasteiger partial charge is 0.150 e. The standard InChI is InChI=1S/C12H20N2O2S/c1-3-17(15,16)8-4-7-13-9-12-6-5-11(2)14-10-12/h5-6,10,13H,3-4,7-9H2,1-2H3. The van der Waals surface area contributed by atoms with Crippen LogP contribution in [0.15, 0.2) is 18.3 Å². The number of aryl methyl sites for hydroxylation is 1. The third-order valence-electron chi connectivity index (χ3n) is 2.55. The van der Waals surface area contributed by atoms with Gasteiger partial charge in [0.2, 0.25) is 0 Å². The van der Waals surface area contributed by atoms with Crippen molar-refractivity contribution in [2.75, 3.05) is 18.1 Å². The predicted molar refractivity (Wildman–Crippen MR) is 69.6 cm³/mol. The first-order valence-electron chi connectivity index (χ1n) is 5.86. The van der Waals surface area contributed by atoms with Gasteiger partial charge in [0.25, 0.3) is 0 Å². The summed E-state index contributed by atoms with van der Waals surface area (Å²) < 4.78 is 22.5. The van der Waals surface area contributed by atoms with E-state index < -0.39 is 9.84 Å². The zero-order chi connectivity index (χ0) is 12.7. The first kappa shape index (κ1) is 14.1. The summed E-state index contributed by atoms with van der Waals surface area (Å²) in [5, 5.41) is 3.21. The van der Waals surface area contributed by atoms with Gasteiger partial charge in [0.05, 0.1) is 5.75 Å². The van der Waals surface area contributed by atoms with E-state index in [0.717, 1.165) is 17.8 Å². The van der Waals surface area contributed by atoms with E-state index in [-0.39, 0.29) is 11.5 Å². The van der Waals surface area contributed by atoms with E-state index in [2.05, 4.69) is 10.3 Å². The molecule has 1 aromatic heterocycles. The van der Waals surface area contributed by atoms with Crippen molar-refractivity contribution in [2.24, 2.45) is 0 Å². The molecule has 17 heavy (non-hydrogen) atoms. The topological polar surface area (TPSA) is 59.1 Å². The van der Waals surface area contributed by atoms with Crippen LogP contribution in [-0.4, -0.2) is 31.5 Å². The van der Waals surface area contributed by atoms with E-state index in [1.54, 1.807) is 6.92 Å². The number of sulfone groups is 1. The van der Waals surface area contributed by atoms with Crippen molar-refractivity contribution in [3.63, 3.8) is 0 Å². The molecule has 0 aliphatic rings. The predicted octanol–water partition coefficient (Wildman–Crippen LogP) is 1.30. The van der Waals surface area contributed by atoms with Crippen LogP contribution >= 0.6 is 0 Å². The van der Waals surface area contributed by atoms with Crippen LogP contribution in [0, 0.1) is 6.92 Å². The minimum Gasteiger partial charge on any atom is -0.313 e. The summed E-state index contributed by atoms with van der Waals surface area (Å²) >= 11 is 0. The maximum Gasteiger partial charge on any atom is 0.150 e. The first-order chi connectivity index (χ1) is 8.03. The molecule has 0 atom stereocenters. The van der Waals surface area contributed by atoms with Gasteiger partial charge in [-0.3, -0.25) is 4.98 Å². The van der Waals surface area contributed by atoms with Crippen molar-refractivity contribution >= 4 is 9.84 Å². The van der Waals surface area contributed by atoms with Gasteiger partial charge in [0, 0.05) is 24.2 Å². The van der Waals surface area contributed by atoms with Gasteiger partial charge in [-0.05, 0) is 31.5 Å². The average molecular weight is 256 g/mol. The molecule has 0 spiro atoms. The van der Waals surface area contributed by atoms with Gasteiger partial charge in [-0.15, -0.1) is 0 Å². The summed E-state index contributed by atoms with van der Waals surface area (Å²) in [6.45, 7) is 5.08. The molecule has 0 amide bonds. The lowest BCUT2D eigenvalue weighted by Crippen LogP contribution is -2.19. The molecule has 1 N–H and O–H groups in total. The summed E-state index contributed by atoms with van der Waals surface area (Å²) in [5.41, 5.74) is 2.12. The minimum absolute atomic E-state index is 0.231. The molecule has 0 saturated heterocycles. The molecule has 0 saturated carbocycles. The molecule has 5 heteroatoms. The highest BCUT2D eigenvalue weighted by molar-refractivity contribution is 7.91. The number of nitrogens with one attached hydrogen (secondary N) is 1. The molecular formula is C12H20N2O2S. The second-order valence-electron chi connectivity index (χ2n) is 4.07. The van der Waals surface area contributed by atoms with Gasteiger partial charge in [-0.25, -0.2) is 8.42 Å². The Labute approximate surface area is 103 Å². The van der Waals surface area contributed by atoms with Gasteiger partial charge < -0.3 is 5.32 Å². The largest absolute Gasteiger partial charge is 0.313 e. The molecule has 1 heterocycles. The Morgan fingerprint density at radius 2 is 2.12 bits per heavy atom. The quantitative estimate of drug-likeness (QED) is 0.747. The molecule has 0 bridgehead atoms. The molecule has 4 nitrogen and oxygen atoms in total. The van der Waals surface area contributed by atoms with Crippen LogP contribution in [0.1, 0.15) is 24.6 Å². The number of rotatable bonds is 7. The Bertz CT molecular complexity index is 426. The Kier molecular flexibility index (Phi) is 5.58. The second-order valence-corrected chi connectivity index (χ2v) is 6.55. The normalized spacial score (nSPS) is 11.6. The fraction of sp³-hybridized carbons (Fsp3) is 0.583. The van der Waals surface area contributed by atoms with Crippen LogP contribution in [0.25, 0.3) is 0 Å². The number of hydrogen-bond donors (Lipinski definition) is 1. The molecular weight excluding hydrogens is 236 g/mol. The van der Waals surface area contributed by atoms with E-state index in [1.165, 1.54) is 0 Å². The van der Waals surface area contributed by atoms with Gasteiger partial charge in [0.1, 0.15) is 9.84 Å². The SMILES string of the molecule is CCS(=O)(=O)CCCNCc1ccc(C)nc1. The van der Waals surface area contributed by atoms with Crippen molar-refractivity contribution in [1.29, 1.82) is 0 Å². The maximum absolute atomic E-state index is 11.2. The first-order valence-corrected chi connectivity index (χ1v) is 7.68. The maximum atomic E-state index is 11.2. The Balaban J connectivity index is 2.19. The molecule has 96 valence electrons. The van der Waals surface area contributed by atoms with Crippen LogP contribution in [0.4, 0.5) is 0 Å². The Morgan fingerprint density at radius 3 is 2.71 bits per heavy atom. The Hall–Kier alpha value is -0.940. The molecule has 0 radical (unpaired) electrons. The number of aromatic nitrogens is 1. The number of nitrogens with zero attached hydrogens (tertiary/aromatic N) is 1. The highest BCUT2D eigenvalue weighted by Crippen LogP contribution is 1.99. The zero-order valence-electron chi connectivity index (χ0n) is 10.4. The van der Waals surface area contributed by atoms with Crippen molar-refractivity contribution in [1.82, 2.24) is 10.3 Å². The van der Waals surface area contributed by atoms with Crippen molar-refractivity contribution in [3.05, 3.63) is 29.6 Å². The number of pyridine rings is 1. The van der Waals surface area contributed by atoms with E-state index in [1.807, 2.05) is 25.3 Å². The van der Waals surface area contributed by atoms with Crippen LogP contribution in [0.5, 0.6) is 0 Å². The summed E-state index contributed by atoms with van der Waals surface area (Å²) in [7, 11) is -2.82. The van der Waals surface area contributed by atoms with E-state index in [9.17, 15) is 8.42 Å². The molecule has 0 fully saturated rings. The molecule has 1 aromatic rings. The van der Waals surface area contributed by atoms with Crippen LogP contribution < -0.4 is 5.32 Å². The van der Waals surface area contributed by atoms with Crippen LogP contribution in [0.2, 0.25) is 0 Å². The number of hydrogen-bond acceptors (Lipinski definition) is 4. The van der Waals surface area contributed by atoms with E-state index in [4.69, 9.17) is 0 Å². The van der Waals surface area contributed by atoms with E-state index >= 15 is 0 Å².